The first-order valence-electron chi connectivity index (χ1n) is 9.76. The number of anilines is 1. The molecule has 0 radical (unpaired) electrons. The summed E-state index contributed by atoms with van der Waals surface area (Å²) < 4.78 is 42.7. The minimum Gasteiger partial charge on any atom is -0.406 e. The second-order valence-electron chi connectivity index (χ2n) is 6.98. The molecule has 1 saturated carbocycles. The van der Waals surface area contributed by atoms with Gasteiger partial charge in [-0.05, 0) is 49.8 Å². The molecule has 1 aromatic carbocycles. The number of rotatable bonds is 8. The zero-order valence-electron chi connectivity index (χ0n) is 17.1. The summed E-state index contributed by atoms with van der Waals surface area (Å²) in [6, 6.07) is 5.79. The van der Waals surface area contributed by atoms with Crippen LogP contribution in [0.15, 0.2) is 34.4 Å². The second kappa shape index (κ2) is 11.8. The van der Waals surface area contributed by atoms with Crippen LogP contribution in [0.5, 0.6) is 5.75 Å². The molecule has 7 nitrogen and oxygen atoms in total. The molecule has 3 rings (SSSR count). The van der Waals surface area contributed by atoms with Crippen LogP contribution < -0.4 is 15.8 Å². The molecule has 172 valence electrons. The Morgan fingerprint density at radius 2 is 1.94 bits per heavy atom. The topological polar surface area (TPSA) is 90.3 Å². The minimum absolute atomic E-state index is 0. The van der Waals surface area contributed by atoms with Gasteiger partial charge in [0.15, 0.2) is 11.1 Å². The van der Waals surface area contributed by atoms with Crippen molar-refractivity contribution in [2.75, 3.05) is 18.1 Å². The highest BCUT2D eigenvalue weighted by molar-refractivity contribution is 14.0. The van der Waals surface area contributed by atoms with E-state index in [-0.39, 0.29) is 35.7 Å². The van der Waals surface area contributed by atoms with Gasteiger partial charge in [0.1, 0.15) is 11.6 Å². The number of nitrogens with two attached hydrogens (primary N) is 1. The van der Waals surface area contributed by atoms with Crippen molar-refractivity contribution in [2.45, 2.75) is 56.1 Å². The molecule has 0 bridgehead atoms. The summed E-state index contributed by atoms with van der Waals surface area (Å²) in [6.07, 6.45) is 3.63. The predicted molar refractivity (Wildman–Crippen MR) is 126 cm³/mol. The first kappa shape index (κ1) is 25.6. The molecule has 0 spiro atoms. The fourth-order valence-corrected chi connectivity index (χ4v) is 4.08. The van der Waals surface area contributed by atoms with E-state index in [4.69, 9.17) is 5.73 Å². The number of aromatic nitrogens is 3. The molecular formula is C19H26F3IN6OS. The van der Waals surface area contributed by atoms with Crippen LogP contribution in [0.1, 0.15) is 44.0 Å². The molecule has 1 aromatic heterocycles. The summed E-state index contributed by atoms with van der Waals surface area (Å²) in [5, 5.41) is 12.5. The van der Waals surface area contributed by atoms with E-state index in [1.54, 1.807) is 11.8 Å². The van der Waals surface area contributed by atoms with Gasteiger partial charge in [-0.3, -0.25) is 4.99 Å². The Balaban J connectivity index is 0.00000341. The molecule has 31 heavy (non-hydrogen) atoms. The largest absolute Gasteiger partial charge is 0.573 e. The zero-order chi connectivity index (χ0) is 21.6. The number of aliphatic imine (C=N–C) groups is 1. The molecule has 1 fully saturated rings. The molecule has 0 saturated heterocycles. The fourth-order valence-electron chi connectivity index (χ4n) is 3.51. The average Bonchev–Trinajstić information content (AvgIpc) is 3.34. The van der Waals surface area contributed by atoms with Crippen molar-refractivity contribution < 1.29 is 17.9 Å². The Kier molecular flexibility index (Phi) is 9.72. The molecule has 0 aliphatic heterocycles. The van der Waals surface area contributed by atoms with E-state index < -0.39 is 6.36 Å². The third-order valence-electron chi connectivity index (χ3n) is 4.81. The van der Waals surface area contributed by atoms with E-state index in [9.17, 15) is 13.2 Å². The SMILES string of the molecule is CSc1nnc(CCCN=C(N)Nc2ccc(OC(F)(F)F)cc2)n1C1CCCC1.I. The van der Waals surface area contributed by atoms with Gasteiger partial charge in [0, 0.05) is 24.7 Å². The Morgan fingerprint density at radius 1 is 1.26 bits per heavy atom. The number of halogens is 4. The number of hydrogen-bond acceptors (Lipinski definition) is 5. The Hall–Kier alpha value is -1.70. The van der Waals surface area contributed by atoms with Gasteiger partial charge in [-0.25, -0.2) is 0 Å². The maximum atomic E-state index is 12.2. The summed E-state index contributed by atoms with van der Waals surface area (Å²) in [4.78, 5) is 4.28. The number of nitrogens with one attached hydrogen (secondary N) is 1. The van der Waals surface area contributed by atoms with Gasteiger partial charge in [-0.2, -0.15) is 0 Å². The number of thioether (sulfide) groups is 1. The molecule has 1 aliphatic carbocycles. The molecule has 0 amide bonds. The van der Waals surface area contributed by atoms with Crippen LogP contribution in [0, 0.1) is 0 Å². The normalized spacial score (nSPS) is 15.0. The lowest BCUT2D eigenvalue weighted by molar-refractivity contribution is -0.274. The van der Waals surface area contributed by atoms with Crippen LogP contribution in [0.3, 0.4) is 0 Å². The van der Waals surface area contributed by atoms with Crippen LogP contribution in [-0.2, 0) is 6.42 Å². The fraction of sp³-hybridized carbons (Fsp3) is 0.526. The Labute approximate surface area is 200 Å². The predicted octanol–water partition coefficient (Wildman–Crippen LogP) is 4.99. The summed E-state index contributed by atoms with van der Waals surface area (Å²) in [7, 11) is 0. The van der Waals surface area contributed by atoms with Crippen LogP contribution in [0.4, 0.5) is 18.9 Å². The van der Waals surface area contributed by atoms with Crippen LogP contribution in [0.25, 0.3) is 0 Å². The molecule has 3 N–H and O–H groups in total. The lowest BCUT2D eigenvalue weighted by atomic mass is 10.2. The van der Waals surface area contributed by atoms with E-state index >= 15 is 0 Å². The third-order valence-corrected chi connectivity index (χ3v) is 5.45. The maximum Gasteiger partial charge on any atom is 0.573 e. The second-order valence-corrected chi connectivity index (χ2v) is 7.75. The number of aryl methyl sites for hydroxylation is 1. The first-order chi connectivity index (χ1) is 14.4. The number of nitrogens with zero attached hydrogens (tertiary/aromatic N) is 4. The lowest BCUT2D eigenvalue weighted by Gasteiger charge is -2.16. The molecule has 0 atom stereocenters. The first-order valence-corrected chi connectivity index (χ1v) is 11.0. The van der Waals surface area contributed by atoms with Crippen molar-refractivity contribution >= 4 is 47.4 Å². The van der Waals surface area contributed by atoms with Crippen molar-refractivity contribution in [1.82, 2.24) is 14.8 Å². The molecule has 2 aromatic rings. The highest BCUT2D eigenvalue weighted by atomic mass is 127. The zero-order valence-corrected chi connectivity index (χ0v) is 20.2. The Morgan fingerprint density at radius 3 is 2.55 bits per heavy atom. The summed E-state index contributed by atoms with van der Waals surface area (Å²) in [5.74, 6) is 0.884. The highest BCUT2D eigenvalue weighted by Gasteiger charge is 2.31. The monoisotopic (exact) mass is 570 g/mol. The summed E-state index contributed by atoms with van der Waals surface area (Å²) in [6.45, 7) is 0.500. The standard InChI is InChI=1S/C19H25F3N6OS.HI/c1-30-18-27-26-16(28(18)14-5-2-3-6-14)7-4-12-24-17(23)25-13-8-10-15(11-9-13)29-19(20,21)22;/h8-11,14H,2-7,12H2,1H3,(H3,23,24,25);1H. The molecule has 12 heteroatoms. The Bertz CT molecular complexity index is 853. The highest BCUT2D eigenvalue weighted by Crippen LogP contribution is 2.33. The summed E-state index contributed by atoms with van der Waals surface area (Å²) in [5.41, 5.74) is 6.40. The molecule has 1 aliphatic rings. The van der Waals surface area contributed by atoms with Crippen molar-refractivity contribution in [3.63, 3.8) is 0 Å². The number of alkyl halides is 3. The van der Waals surface area contributed by atoms with Crippen molar-refractivity contribution in [3.05, 3.63) is 30.1 Å². The smallest absolute Gasteiger partial charge is 0.406 e. The van der Waals surface area contributed by atoms with Gasteiger partial charge >= 0.3 is 6.36 Å². The van der Waals surface area contributed by atoms with Crippen LogP contribution in [-0.4, -0.2) is 39.9 Å². The van der Waals surface area contributed by atoms with Crippen LogP contribution in [0.2, 0.25) is 0 Å². The van der Waals surface area contributed by atoms with Gasteiger partial charge in [-0.15, -0.1) is 47.3 Å². The van der Waals surface area contributed by atoms with Gasteiger partial charge in [0.2, 0.25) is 0 Å². The molecular weight excluding hydrogens is 544 g/mol. The molecule has 1 heterocycles. The van der Waals surface area contributed by atoms with Crippen molar-refractivity contribution in [2.24, 2.45) is 10.7 Å². The van der Waals surface area contributed by atoms with Gasteiger partial charge in [0.25, 0.3) is 0 Å². The lowest BCUT2D eigenvalue weighted by Crippen LogP contribution is -2.23. The minimum atomic E-state index is -4.71. The average molecular weight is 570 g/mol. The number of guanidine groups is 1. The van der Waals surface area contributed by atoms with E-state index in [1.807, 2.05) is 6.26 Å². The number of ether oxygens (including phenoxy) is 1. The van der Waals surface area contributed by atoms with Crippen LogP contribution >= 0.6 is 35.7 Å². The van der Waals surface area contributed by atoms with E-state index in [0.717, 1.165) is 23.8 Å². The summed E-state index contributed by atoms with van der Waals surface area (Å²) >= 11 is 1.61. The molecule has 0 unspecified atom stereocenters. The van der Waals surface area contributed by atoms with Gasteiger partial charge < -0.3 is 20.4 Å². The maximum absolute atomic E-state index is 12.2. The van der Waals surface area contributed by atoms with E-state index in [0.29, 0.717) is 18.3 Å². The van der Waals surface area contributed by atoms with Crippen molar-refractivity contribution in [1.29, 1.82) is 0 Å². The quantitative estimate of drug-likeness (QED) is 0.153. The van der Waals surface area contributed by atoms with Gasteiger partial charge in [0.05, 0.1) is 0 Å². The van der Waals surface area contributed by atoms with Crippen molar-refractivity contribution in [3.8, 4) is 5.75 Å². The van der Waals surface area contributed by atoms with E-state index in [1.165, 1.54) is 49.9 Å². The third kappa shape index (κ3) is 7.74. The van der Waals surface area contributed by atoms with E-state index in [2.05, 4.69) is 29.8 Å². The van der Waals surface area contributed by atoms with Gasteiger partial charge in [-0.1, -0.05) is 24.6 Å². The number of hydrogen-bond donors (Lipinski definition) is 2. The number of benzene rings is 1.